The monoisotopic (exact) mass is 349 g/mol. The van der Waals surface area contributed by atoms with Gasteiger partial charge >= 0.3 is 0 Å². The van der Waals surface area contributed by atoms with Crippen LogP contribution in [0, 0.1) is 0 Å². The van der Waals surface area contributed by atoms with Crippen molar-refractivity contribution in [2.45, 2.75) is 18.8 Å². The Labute approximate surface area is 146 Å². The van der Waals surface area contributed by atoms with E-state index in [1.54, 1.807) is 18.7 Å². The molecule has 1 atom stereocenters. The molecule has 1 amide bonds. The number of thioether (sulfide) groups is 1. The maximum atomic E-state index is 12.0. The predicted octanol–water partition coefficient (Wildman–Crippen LogP) is 4.16. The van der Waals surface area contributed by atoms with Crippen molar-refractivity contribution < 1.29 is 9.53 Å². The van der Waals surface area contributed by atoms with Crippen molar-refractivity contribution in [3.05, 3.63) is 65.2 Å². The van der Waals surface area contributed by atoms with Gasteiger partial charge in [0.05, 0.1) is 0 Å². The molecule has 2 aromatic rings. The van der Waals surface area contributed by atoms with Crippen LogP contribution in [0.2, 0.25) is 5.02 Å². The lowest BCUT2D eigenvalue weighted by Gasteiger charge is -2.14. The molecule has 3 nitrogen and oxygen atoms in total. The number of para-hydroxylation sites is 1. The van der Waals surface area contributed by atoms with Crippen LogP contribution in [0.3, 0.4) is 0 Å². The van der Waals surface area contributed by atoms with Crippen LogP contribution >= 0.6 is 23.4 Å². The van der Waals surface area contributed by atoms with Crippen LogP contribution in [0.4, 0.5) is 0 Å². The highest BCUT2D eigenvalue weighted by Crippen LogP contribution is 2.15. The second-order valence-corrected chi connectivity index (χ2v) is 6.58. The third-order valence-electron chi connectivity index (χ3n) is 3.15. The van der Waals surface area contributed by atoms with E-state index in [1.807, 2.05) is 54.6 Å². The van der Waals surface area contributed by atoms with Gasteiger partial charge in [-0.1, -0.05) is 41.9 Å². The van der Waals surface area contributed by atoms with E-state index in [9.17, 15) is 4.79 Å². The summed E-state index contributed by atoms with van der Waals surface area (Å²) in [5, 5.41) is 3.64. The highest BCUT2D eigenvalue weighted by atomic mass is 35.5. The first-order valence-electron chi connectivity index (χ1n) is 7.47. The molecule has 0 aliphatic heterocycles. The topological polar surface area (TPSA) is 38.3 Å². The van der Waals surface area contributed by atoms with Crippen molar-refractivity contribution in [1.82, 2.24) is 5.32 Å². The minimum absolute atomic E-state index is 0.0963. The molecule has 0 spiro atoms. The average molecular weight is 350 g/mol. The molecule has 23 heavy (non-hydrogen) atoms. The van der Waals surface area contributed by atoms with Gasteiger partial charge in [0.1, 0.15) is 5.75 Å². The molecule has 5 heteroatoms. The quantitative estimate of drug-likeness (QED) is 0.727. The molecule has 0 aromatic heterocycles. The van der Waals surface area contributed by atoms with Crippen molar-refractivity contribution in [3.8, 4) is 5.75 Å². The summed E-state index contributed by atoms with van der Waals surface area (Å²) in [7, 11) is 0. The van der Waals surface area contributed by atoms with Gasteiger partial charge in [-0.25, -0.2) is 0 Å². The molecule has 0 bridgehead atoms. The number of ether oxygens (including phenoxy) is 1. The Morgan fingerprint density at radius 2 is 1.87 bits per heavy atom. The highest BCUT2D eigenvalue weighted by molar-refractivity contribution is 7.98. The molecule has 1 N–H and O–H groups in total. The van der Waals surface area contributed by atoms with Crippen LogP contribution in [-0.2, 0) is 10.5 Å². The Balaban J connectivity index is 1.61. The lowest BCUT2D eigenvalue weighted by Crippen LogP contribution is -2.37. The zero-order chi connectivity index (χ0) is 16.5. The molecule has 0 unspecified atom stereocenters. The minimum atomic E-state index is -0.501. The number of rotatable bonds is 8. The van der Waals surface area contributed by atoms with Crippen LogP contribution < -0.4 is 10.1 Å². The van der Waals surface area contributed by atoms with Crippen LogP contribution in [0.5, 0.6) is 5.75 Å². The second-order valence-electron chi connectivity index (χ2n) is 5.04. The summed E-state index contributed by atoms with van der Waals surface area (Å²) < 4.78 is 5.58. The third kappa shape index (κ3) is 6.55. The summed E-state index contributed by atoms with van der Waals surface area (Å²) >= 11 is 7.62. The number of amides is 1. The lowest BCUT2D eigenvalue weighted by molar-refractivity contribution is -0.127. The predicted molar refractivity (Wildman–Crippen MR) is 97.2 cm³/mol. The van der Waals surface area contributed by atoms with Crippen molar-refractivity contribution in [1.29, 1.82) is 0 Å². The van der Waals surface area contributed by atoms with E-state index in [2.05, 4.69) is 5.32 Å². The molecule has 0 aliphatic rings. The van der Waals surface area contributed by atoms with Gasteiger partial charge in [0, 0.05) is 23.1 Å². The standard InChI is InChI=1S/C18H20ClNO2S/c1-14(22-17-5-3-2-4-6-17)18(21)20-11-12-23-13-15-7-9-16(19)10-8-15/h2-10,14H,11-13H2,1H3,(H,20,21)/t14-/m0/s1. The van der Waals surface area contributed by atoms with E-state index < -0.39 is 6.10 Å². The van der Waals surface area contributed by atoms with Crippen LogP contribution in [-0.4, -0.2) is 24.3 Å². The molecule has 0 saturated heterocycles. The van der Waals surface area contributed by atoms with Gasteiger partial charge in [0.25, 0.3) is 5.91 Å². The Bertz CT molecular complexity index is 604. The molecule has 0 heterocycles. The van der Waals surface area contributed by atoms with Gasteiger partial charge in [-0.2, -0.15) is 11.8 Å². The summed E-state index contributed by atoms with van der Waals surface area (Å²) in [5.74, 6) is 2.36. The van der Waals surface area contributed by atoms with Crippen molar-refractivity contribution in [3.63, 3.8) is 0 Å². The number of nitrogens with one attached hydrogen (secondary N) is 1. The highest BCUT2D eigenvalue weighted by Gasteiger charge is 2.13. The van der Waals surface area contributed by atoms with Gasteiger partial charge in [0.2, 0.25) is 0 Å². The Morgan fingerprint density at radius 1 is 1.17 bits per heavy atom. The summed E-state index contributed by atoms with van der Waals surface area (Å²) in [4.78, 5) is 12.0. The third-order valence-corrected chi connectivity index (χ3v) is 4.44. The van der Waals surface area contributed by atoms with Gasteiger partial charge < -0.3 is 10.1 Å². The fourth-order valence-electron chi connectivity index (χ4n) is 1.92. The van der Waals surface area contributed by atoms with Gasteiger partial charge in [-0.3, -0.25) is 4.79 Å². The number of halogens is 1. The van der Waals surface area contributed by atoms with Crippen molar-refractivity contribution in [2.75, 3.05) is 12.3 Å². The number of hydrogen-bond donors (Lipinski definition) is 1. The number of carbonyl (C=O) groups is 1. The van der Waals surface area contributed by atoms with E-state index in [-0.39, 0.29) is 5.91 Å². The molecule has 2 rings (SSSR count). The van der Waals surface area contributed by atoms with Crippen LogP contribution in [0.1, 0.15) is 12.5 Å². The maximum Gasteiger partial charge on any atom is 0.260 e. The van der Waals surface area contributed by atoms with E-state index in [0.717, 1.165) is 16.5 Å². The summed E-state index contributed by atoms with van der Waals surface area (Å²) in [5.41, 5.74) is 1.23. The molecule has 0 saturated carbocycles. The molecular formula is C18H20ClNO2S. The first kappa shape index (κ1) is 17.7. The minimum Gasteiger partial charge on any atom is -0.481 e. The summed E-state index contributed by atoms with van der Waals surface area (Å²) in [6.07, 6.45) is -0.501. The van der Waals surface area contributed by atoms with Crippen LogP contribution in [0.25, 0.3) is 0 Å². The zero-order valence-corrected chi connectivity index (χ0v) is 14.6. The van der Waals surface area contributed by atoms with E-state index in [4.69, 9.17) is 16.3 Å². The fourth-order valence-corrected chi connectivity index (χ4v) is 2.86. The van der Waals surface area contributed by atoms with Crippen molar-refractivity contribution in [2.24, 2.45) is 0 Å². The smallest absolute Gasteiger partial charge is 0.260 e. The zero-order valence-electron chi connectivity index (χ0n) is 13.0. The van der Waals surface area contributed by atoms with E-state index in [1.165, 1.54) is 5.56 Å². The molecule has 122 valence electrons. The molecular weight excluding hydrogens is 330 g/mol. The molecule has 0 aliphatic carbocycles. The van der Waals surface area contributed by atoms with E-state index in [0.29, 0.717) is 12.3 Å². The van der Waals surface area contributed by atoms with Gasteiger partial charge in [0.15, 0.2) is 6.10 Å². The number of benzene rings is 2. The average Bonchev–Trinajstić information content (AvgIpc) is 2.57. The van der Waals surface area contributed by atoms with Crippen molar-refractivity contribution >= 4 is 29.3 Å². The first-order valence-corrected chi connectivity index (χ1v) is 9.00. The lowest BCUT2D eigenvalue weighted by atomic mass is 10.2. The Hall–Kier alpha value is -1.65. The number of carbonyl (C=O) groups excluding carboxylic acids is 1. The second kappa shape index (κ2) is 9.48. The molecule has 2 aromatic carbocycles. The first-order chi connectivity index (χ1) is 11.1. The van der Waals surface area contributed by atoms with E-state index >= 15 is 0 Å². The molecule has 0 radical (unpaired) electrons. The molecule has 0 fully saturated rings. The summed E-state index contributed by atoms with van der Waals surface area (Å²) in [6, 6.07) is 17.2. The number of hydrogen-bond acceptors (Lipinski definition) is 3. The maximum absolute atomic E-state index is 12.0. The normalized spacial score (nSPS) is 11.7. The Kier molecular flexibility index (Phi) is 7.30. The SMILES string of the molecule is C[C@H](Oc1ccccc1)C(=O)NCCSCc1ccc(Cl)cc1. The largest absolute Gasteiger partial charge is 0.481 e. The van der Waals surface area contributed by atoms with Crippen LogP contribution in [0.15, 0.2) is 54.6 Å². The Morgan fingerprint density at radius 3 is 2.57 bits per heavy atom. The van der Waals surface area contributed by atoms with Gasteiger partial charge in [-0.15, -0.1) is 0 Å². The van der Waals surface area contributed by atoms with Gasteiger partial charge in [-0.05, 0) is 36.8 Å². The fraction of sp³-hybridized carbons (Fsp3) is 0.278. The summed E-state index contributed by atoms with van der Waals surface area (Å²) in [6.45, 7) is 2.38.